The van der Waals surface area contributed by atoms with Gasteiger partial charge in [0.1, 0.15) is 0 Å². The number of carbonyl (C=O) groups is 1. The van der Waals surface area contributed by atoms with Crippen molar-refractivity contribution in [3.63, 3.8) is 0 Å². The van der Waals surface area contributed by atoms with Crippen molar-refractivity contribution in [1.82, 2.24) is 10.4 Å². The van der Waals surface area contributed by atoms with Gasteiger partial charge in [-0.2, -0.15) is 0 Å². The molecule has 1 heterocycles. The Bertz CT molecular complexity index is 389. The van der Waals surface area contributed by atoms with Crippen molar-refractivity contribution in [2.24, 2.45) is 0 Å². The highest BCUT2D eigenvalue weighted by molar-refractivity contribution is 5.93. The minimum absolute atomic E-state index is 0.150. The Labute approximate surface area is 94.2 Å². The molecule has 4 heteroatoms. The maximum absolute atomic E-state index is 11.8. The number of β-amino-alcohol motifs (C(OH)–C–C–N with tert-alkyl or cyclic N) is 1. The molecule has 1 aliphatic rings. The largest absolute Gasteiger partial charge is 0.388 e. The Hall–Kier alpha value is -1.65. The zero-order chi connectivity index (χ0) is 11.4. The van der Waals surface area contributed by atoms with Crippen LogP contribution in [0.25, 0.3) is 0 Å². The fourth-order valence-electron chi connectivity index (χ4n) is 1.60. The van der Waals surface area contributed by atoms with E-state index in [0.29, 0.717) is 18.7 Å². The molecular weight excluding hydrogens is 204 g/mol. The zero-order valence-corrected chi connectivity index (χ0v) is 8.84. The molecule has 2 N–H and O–H groups in total. The third-order valence-corrected chi connectivity index (χ3v) is 2.39. The first kappa shape index (κ1) is 10.9. The van der Waals surface area contributed by atoms with Crippen molar-refractivity contribution >= 4 is 5.91 Å². The van der Waals surface area contributed by atoms with Gasteiger partial charge in [0.25, 0.3) is 5.91 Å². The van der Waals surface area contributed by atoms with Crippen LogP contribution < -0.4 is 5.43 Å². The van der Waals surface area contributed by atoms with E-state index in [2.05, 4.69) is 5.43 Å². The highest BCUT2D eigenvalue weighted by Gasteiger charge is 2.15. The molecule has 0 radical (unpaired) electrons. The molecule has 2 rings (SSSR count). The van der Waals surface area contributed by atoms with Crippen LogP contribution in [0, 0.1) is 0 Å². The summed E-state index contributed by atoms with van der Waals surface area (Å²) in [7, 11) is 0. The summed E-state index contributed by atoms with van der Waals surface area (Å²) in [5.41, 5.74) is 3.37. The summed E-state index contributed by atoms with van der Waals surface area (Å²) in [4.78, 5) is 11.8. The summed E-state index contributed by atoms with van der Waals surface area (Å²) in [6.45, 7) is 1.05. The van der Waals surface area contributed by atoms with Crippen LogP contribution in [-0.4, -0.2) is 35.2 Å². The van der Waals surface area contributed by atoms with Crippen molar-refractivity contribution in [2.45, 2.75) is 6.10 Å². The first-order chi connectivity index (χ1) is 7.75. The fourth-order valence-corrected chi connectivity index (χ4v) is 1.60. The summed E-state index contributed by atoms with van der Waals surface area (Å²) < 4.78 is 0. The van der Waals surface area contributed by atoms with Crippen LogP contribution in [-0.2, 0) is 0 Å². The molecule has 0 aliphatic carbocycles. The number of hydrogen-bond donors (Lipinski definition) is 2. The monoisotopic (exact) mass is 218 g/mol. The number of nitrogens with one attached hydrogen (secondary N) is 1. The summed E-state index contributed by atoms with van der Waals surface area (Å²) in [5, 5.41) is 11.1. The number of nitrogens with zero attached hydrogens (tertiary/aromatic N) is 1. The Morgan fingerprint density at radius 2 is 2.12 bits per heavy atom. The Morgan fingerprint density at radius 1 is 1.38 bits per heavy atom. The number of amides is 1. The fraction of sp³-hybridized carbons (Fsp3) is 0.250. The van der Waals surface area contributed by atoms with Crippen LogP contribution in [0.5, 0.6) is 0 Å². The van der Waals surface area contributed by atoms with Gasteiger partial charge in [-0.05, 0) is 12.1 Å². The summed E-state index contributed by atoms with van der Waals surface area (Å²) in [5.74, 6) is -0.150. The van der Waals surface area contributed by atoms with Crippen LogP contribution >= 0.6 is 0 Å². The summed E-state index contributed by atoms with van der Waals surface area (Å²) >= 11 is 0. The smallest absolute Gasteiger partial charge is 0.265 e. The van der Waals surface area contributed by atoms with Gasteiger partial charge in [0.15, 0.2) is 0 Å². The molecule has 0 aromatic heterocycles. The maximum atomic E-state index is 11.8. The van der Waals surface area contributed by atoms with Gasteiger partial charge in [0, 0.05) is 18.7 Å². The number of aliphatic hydroxyl groups excluding tert-OH is 1. The lowest BCUT2D eigenvalue weighted by Gasteiger charge is -2.26. The van der Waals surface area contributed by atoms with Crippen molar-refractivity contribution in [3.05, 3.63) is 48.0 Å². The molecule has 84 valence electrons. The molecule has 0 saturated heterocycles. The standard InChI is InChI=1S/C12H14N2O2/c15-11-7-4-8-14(9-11)13-12(16)10-5-2-1-3-6-10/h1-7,11,15H,8-9H2,(H,13,16). The molecule has 1 aromatic carbocycles. The van der Waals surface area contributed by atoms with E-state index >= 15 is 0 Å². The summed E-state index contributed by atoms with van der Waals surface area (Å²) in [6.07, 6.45) is 3.05. The molecule has 1 atom stereocenters. The SMILES string of the molecule is O=C(NN1CC=CC(O)C1)c1ccccc1. The second-order valence-electron chi connectivity index (χ2n) is 3.71. The van der Waals surface area contributed by atoms with E-state index in [9.17, 15) is 9.90 Å². The Kier molecular flexibility index (Phi) is 3.34. The van der Waals surface area contributed by atoms with Crippen LogP contribution in [0.2, 0.25) is 0 Å². The lowest BCUT2D eigenvalue weighted by Crippen LogP contribution is -2.47. The minimum atomic E-state index is -0.509. The van der Waals surface area contributed by atoms with Gasteiger partial charge in [-0.3, -0.25) is 10.2 Å². The number of hydrogen-bond acceptors (Lipinski definition) is 3. The number of hydrazine groups is 1. The van der Waals surface area contributed by atoms with E-state index < -0.39 is 6.10 Å². The average molecular weight is 218 g/mol. The van der Waals surface area contributed by atoms with E-state index in [-0.39, 0.29) is 5.91 Å². The predicted molar refractivity (Wildman–Crippen MR) is 60.6 cm³/mol. The van der Waals surface area contributed by atoms with E-state index in [0.717, 1.165) is 0 Å². The molecule has 1 amide bonds. The van der Waals surface area contributed by atoms with E-state index in [1.165, 1.54) is 0 Å². The van der Waals surface area contributed by atoms with Crippen molar-refractivity contribution < 1.29 is 9.90 Å². The molecule has 0 spiro atoms. The zero-order valence-electron chi connectivity index (χ0n) is 8.84. The highest BCUT2D eigenvalue weighted by Crippen LogP contribution is 2.02. The summed E-state index contributed by atoms with van der Waals surface area (Å²) in [6, 6.07) is 9.01. The van der Waals surface area contributed by atoms with E-state index in [1.807, 2.05) is 24.3 Å². The molecule has 16 heavy (non-hydrogen) atoms. The van der Waals surface area contributed by atoms with Gasteiger partial charge in [-0.1, -0.05) is 30.4 Å². The minimum Gasteiger partial charge on any atom is -0.388 e. The third-order valence-electron chi connectivity index (χ3n) is 2.39. The van der Waals surface area contributed by atoms with Gasteiger partial charge < -0.3 is 5.11 Å². The van der Waals surface area contributed by atoms with Gasteiger partial charge >= 0.3 is 0 Å². The van der Waals surface area contributed by atoms with Crippen molar-refractivity contribution in [3.8, 4) is 0 Å². The predicted octanol–water partition coefficient (Wildman–Crippen LogP) is 0.564. The molecule has 4 nitrogen and oxygen atoms in total. The number of aliphatic hydroxyl groups is 1. The van der Waals surface area contributed by atoms with Crippen molar-refractivity contribution in [2.75, 3.05) is 13.1 Å². The lowest BCUT2D eigenvalue weighted by molar-refractivity contribution is 0.0695. The topological polar surface area (TPSA) is 52.6 Å². The normalized spacial score (nSPS) is 20.7. The second-order valence-corrected chi connectivity index (χ2v) is 3.71. The van der Waals surface area contributed by atoms with Gasteiger partial charge in [-0.25, -0.2) is 5.01 Å². The average Bonchev–Trinajstić information content (AvgIpc) is 2.30. The Morgan fingerprint density at radius 3 is 2.81 bits per heavy atom. The second kappa shape index (κ2) is 4.92. The number of rotatable bonds is 2. The Balaban J connectivity index is 1.96. The molecular formula is C12H14N2O2. The molecule has 0 saturated carbocycles. The van der Waals surface area contributed by atoms with E-state index in [1.54, 1.807) is 23.2 Å². The number of benzene rings is 1. The third kappa shape index (κ3) is 2.68. The lowest BCUT2D eigenvalue weighted by atomic mass is 10.2. The maximum Gasteiger partial charge on any atom is 0.265 e. The molecule has 0 bridgehead atoms. The first-order valence-corrected chi connectivity index (χ1v) is 5.21. The van der Waals surface area contributed by atoms with Crippen LogP contribution in [0.15, 0.2) is 42.5 Å². The van der Waals surface area contributed by atoms with Gasteiger partial charge in [0.05, 0.1) is 6.10 Å². The van der Waals surface area contributed by atoms with E-state index in [4.69, 9.17) is 0 Å². The van der Waals surface area contributed by atoms with Gasteiger partial charge in [-0.15, -0.1) is 0 Å². The van der Waals surface area contributed by atoms with Crippen molar-refractivity contribution in [1.29, 1.82) is 0 Å². The van der Waals surface area contributed by atoms with Crippen LogP contribution in [0.1, 0.15) is 10.4 Å². The molecule has 1 aromatic rings. The van der Waals surface area contributed by atoms with Crippen LogP contribution in [0.4, 0.5) is 0 Å². The van der Waals surface area contributed by atoms with Gasteiger partial charge in [0.2, 0.25) is 0 Å². The highest BCUT2D eigenvalue weighted by atomic mass is 16.3. The molecule has 0 fully saturated rings. The number of carbonyl (C=O) groups excluding carboxylic acids is 1. The van der Waals surface area contributed by atoms with Crippen LogP contribution in [0.3, 0.4) is 0 Å². The molecule has 1 aliphatic heterocycles. The quantitative estimate of drug-likeness (QED) is 0.713. The first-order valence-electron chi connectivity index (χ1n) is 5.21. The molecule has 1 unspecified atom stereocenters.